The average Bonchev–Trinajstić information content (AvgIpc) is 3.39. The van der Waals surface area contributed by atoms with E-state index in [0.717, 1.165) is 11.1 Å². The highest BCUT2D eigenvalue weighted by Crippen LogP contribution is 2.29. The molecule has 1 amide bonds. The van der Waals surface area contributed by atoms with Gasteiger partial charge in [-0.1, -0.05) is 53.6 Å². The Morgan fingerprint density at radius 2 is 1.88 bits per heavy atom. The summed E-state index contributed by atoms with van der Waals surface area (Å²) in [6, 6.07) is 19.9. The second kappa shape index (κ2) is 7.86. The Kier molecular flexibility index (Phi) is 4.88. The van der Waals surface area contributed by atoms with Gasteiger partial charge >= 0.3 is 0 Å². The summed E-state index contributed by atoms with van der Waals surface area (Å²) in [7, 11) is 0. The van der Waals surface area contributed by atoms with E-state index in [4.69, 9.17) is 11.6 Å². The molecule has 0 atom stereocenters. The predicted molar refractivity (Wildman–Crippen MR) is 124 cm³/mol. The molecule has 158 valence electrons. The molecule has 2 aromatic heterocycles. The molecule has 8 heteroatoms. The molecule has 3 N–H and O–H groups in total. The molecule has 0 radical (unpaired) electrons. The fraction of sp³-hybridized carbons (Fsp3) is 0.0417. The van der Waals surface area contributed by atoms with E-state index in [1.165, 1.54) is 0 Å². The van der Waals surface area contributed by atoms with E-state index >= 15 is 0 Å². The number of aryl methyl sites for hydroxylation is 1. The lowest BCUT2D eigenvalue weighted by Crippen LogP contribution is -2.13. The Hall–Kier alpha value is -4.10. The summed E-state index contributed by atoms with van der Waals surface area (Å²) < 4.78 is 1.60. The number of aromatic hydroxyl groups is 1. The van der Waals surface area contributed by atoms with Gasteiger partial charge in [-0.25, -0.2) is 4.68 Å². The van der Waals surface area contributed by atoms with E-state index in [9.17, 15) is 9.90 Å². The van der Waals surface area contributed by atoms with Crippen LogP contribution in [-0.2, 0) is 0 Å². The lowest BCUT2D eigenvalue weighted by Gasteiger charge is -2.04. The number of rotatable bonds is 4. The molecule has 0 aliphatic carbocycles. The van der Waals surface area contributed by atoms with Crippen molar-refractivity contribution in [3.05, 3.63) is 89.1 Å². The molecular weight excluding hydrogens is 426 g/mol. The Balaban J connectivity index is 1.58. The van der Waals surface area contributed by atoms with Crippen molar-refractivity contribution in [3.8, 4) is 22.7 Å². The molecule has 0 bridgehead atoms. The molecule has 3 aromatic carbocycles. The molecule has 5 aromatic rings. The van der Waals surface area contributed by atoms with E-state index in [2.05, 4.69) is 20.6 Å². The molecule has 7 nitrogen and oxygen atoms in total. The summed E-state index contributed by atoms with van der Waals surface area (Å²) in [5.74, 6) is 0.118. The number of anilines is 1. The molecule has 0 saturated carbocycles. The molecule has 0 spiro atoms. The molecule has 0 aliphatic heterocycles. The van der Waals surface area contributed by atoms with E-state index in [1.807, 2.05) is 49.4 Å². The van der Waals surface area contributed by atoms with Gasteiger partial charge in [0.1, 0.15) is 11.4 Å². The number of benzene rings is 3. The minimum absolute atomic E-state index is 0.113. The minimum atomic E-state index is -0.361. The van der Waals surface area contributed by atoms with Crippen molar-refractivity contribution < 1.29 is 9.90 Å². The zero-order valence-corrected chi connectivity index (χ0v) is 17.8. The summed E-state index contributed by atoms with van der Waals surface area (Å²) in [6.07, 6.45) is 1.66. The second-order valence-corrected chi connectivity index (χ2v) is 7.82. The highest BCUT2D eigenvalue weighted by molar-refractivity contribution is 6.32. The van der Waals surface area contributed by atoms with Crippen molar-refractivity contribution in [2.45, 2.75) is 6.92 Å². The van der Waals surface area contributed by atoms with Gasteiger partial charge in [-0.2, -0.15) is 10.2 Å². The van der Waals surface area contributed by atoms with Crippen LogP contribution in [0.25, 0.3) is 27.8 Å². The standard InChI is InChI=1S/C24H18ClN5O2/c1-14-6-8-15(9-7-14)22-18(13-30(29-22)21-5-3-2-4-19(21)25)24(32)26-23-17-11-10-16(31)12-20(17)27-28-23/h2-13,31H,1H3,(H2,26,27,28,32). The van der Waals surface area contributed by atoms with Crippen LogP contribution in [0.2, 0.25) is 5.02 Å². The maximum atomic E-state index is 13.3. The zero-order valence-electron chi connectivity index (χ0n) is 17.0. The maximum absolute atomic E-state index is 13.3. The number of phenolic OH excluding ortho intramolecular Hbond substituents is 1. The molecule has 32 heavy (non-hydrogen) atoms. The van der Waals surface area contributed by atoms with Crippen molar-refractivity contribution in [2.24, 2.45) is 0 Å². The van der Waals surface area contributed by atoms with Crippen LogP contribution < -0.4 is 5.32 Å². The summed E-state index contributed by atoms with van der Waals surface area (Å²) in [5, 5.41) is 25.4. The lowest BCUT2D eigenvalue weighted by molar-refractivity contribution is 0.102. The highest BCUT2D eigenvalue weighted by atomic mass is 35.5. The number of fused-ring (bicyclic) bond motifs is 1. The van der Waals surface area contributed by atoms with Crippen LogP contribution in [0.4, 0.5) is 5.82 Å². The van der Waals surface area contributed by atoms with E-state index in [1.54, 1.807) is 35.1 Å². The maximum Gasteiger partial charge on any atom is 0.260 e. The first-order valence-electron chi connectivity index (χ1n) is 9.89. The number of carbonyl (C=O) groups is 1. The average molecular weight is 444 g/mol. The molecule has 5 rings (SSSR count). The number of para-hydroxylation sites is 1. The third kappa shape index (κ3) is 3.59. The van der Waals surface area contributed by atoms with Crippen molar-refractivity contribution in [1.29, 1.82) is 0 Å². The molecule has 0 saturated heterocycles. The first-order valence-corrected chi connectivity index (χ1v) is 10.3. The summed E-state index contributed by atoms with van der Waals surface area (Å²) in [6.45, 7) is 2.00. The second-order valence-electron chi connectivity index (χ2n) is 7.41. The van der Waals surface area contributed by atoms with E-state index in [-0.39, 0.29) is 11.7 Å². The lowest BCUT2D eigenvalue weighted by atomic mass is 10.1. The Bertz CT molecular complexity index is 1450. The molecule has 2 heterocycles. The minimum Gasteiger partial charge on any atom is -0.508 e. The SMILES string of the molecule is Cc1ccc(-c2nn(-c3ccccc3Cl)cc2C(=O)Nc2n[nH]c3cc(O)ccc23)cc1. The normalized spacial score (nSPS) is 11.1. The fourth-order valence-electron chi connectivity index (χ4n) is 3.50. The summed E-state index contributed by atoms with van der Waals surface area (Å²) >= 11 is 6.36. The number of nitrogens with zero attached hydrogens (tertiary/aromatic N) is 3. The van der Waals surface area contributed by atoms with Crippen LogP contribution in [0.5, 0.6) is 5.75 Å². The van der Waals surface area contributed by atoms with Gasteiger partial charge < -0.3 is 10.4 Å². The third-order valence-corrected chi connectivity index (χ3v) is 5.48. The monoisotopic (exact) mass is 443 g/mol. The van der Waals surface area contributed by atoms with Crippen LogP contribution in [0, 0.1) is 6.92 Å². The number of aromatic amines is 1. The van der Waals surface area contributed by atoms with Gasteiger partial charge in [0.05, 0.1) is 21.8 Å². The van der Waals surface area contributed by atoms with Gasteiger partial charge in [-0.3, -0.25) is 9.89 Å². The van der Waals surface area contributed by atoms with Crippen molar-refractivity contribution in [1.82, 2.24) is 20.0 Å². The van der Waals surface area contributed by atoms with Crippen LogP contribution in [0.1, 0.15) is 15.9 Å². The highest BCUT2D eigenvalue weighted by Gasteiger charge is 2.21. The fourth-order valence-corrected chi connectivity index (χ4v) is 3.73. The van der Waals surface area contributed by atoms with Gasteiger partial charge in [0, 0.05) is 23.2 Å². The molecule has 0 aliphatic rings. The molecular formula is C24H18ClN5O2. The smallest absolute Gasteiger partial charge is 0.260 e. The van der Waals surface area contributed by atoms with E-state index < -0.39 is 0 Å². The molecule has 0 fully saturated rings. The number of H-pyrrole nitrogens is 1. The molecule has 0 unspecified atom stereocenters. The number of aromatic nitrogens is 4. The van der Waals surface area contributed by atoms with E-state index in [0.29, 0.717) is 38.7 Å². The topological polar surface area (TPSA) is 95.8 Å². The number of phenols is 1. The predicted octanol–water partition coefficient (Wildman–Crippen LogP) is 5.34. The van der Waals surface area contributed by atoms with Gasteiger partial charge in [0.25, 0.3) is 5.91 Å². The number of hydrogen-bond acceptors (Lipinski definition) is 4. The zero-order chi connectivity index (χ0) is 22.2. The Morgan fingerprint density at radius 3 is 2.66 bits per heavy atom. The third-order valence-electron chi connectivity index (χ3n) is 5.16. The van der Waals surface area contributed by atoms with Gasteiger partial charge in [0.15, 0.2) is 5.82 Å². The van der Waals surface area contributed by atoms with Crippen LogP contribution in [0.3, 0.4) is 0 Å². The quantitative estimate of drug-likeness (QED) is 0.349. The van der Waals surface area contributed by atoms with Gasteiger partial charge in [0.2, 0.25) is 0 Å². The van der Waals surface area contributed by atoms with Gasteiger partial charge in [-0.15, -0.1) is 0 Å². The van der Waals surface area contributed by atoms with Gasteiger partial charge in [-0.05, 0) is 31.2 Å². The van der Waals surface area contributed by atoms with Crippen LogP contribution in [0.15, 0.2) is 72.9 Å². The van der Waals surface area contributed by atoms with Crippen LogP contribution >= 0.6 is 11.6 Å². The number of halogens is 1. The number of carbonyl (C=O) groups excluding carboxylic acids is 1. The van der Waals surface area contributed by atoms with Crippen molar-refractivity contribution >= 4 is 34.2 Å². The number of hydrogen-bond donors (Lipinski definition) is 3. The number of nitrogens with one attached hydrogen (secondary N) is 2. The summed E-state index contributed by atoms with van der Waals surface area (Å²) in [5.41, 5.74) is 4.11. The Labute approximate surface area is 188 Å². The number of amides is 1. The Morgan fingerprint density at radius 1 is 1.09 bits per heavy atom. The van der Waals surface area contributed by atoms with Crippen molar-refractivity contribution in [3.63, 3.8) is 0 Å². The largest absolute Gasteiger partial charge is 0.508 e. The van der Waals surface area contributed by atoms with Crippen LogP contribution in [-0.4, -0.2) is 31.0 Å². The van der Waals surface area contributed by atoms with Crippen molar-refractivity contribution in [2.75, 3.05) is 5.32 Å². The first kappa shape index (κ1) is 19.8. The first-order chi connectivity index (χ1) is 15.5. The summed E-state index contributed by atoms with van der Waals surface area (Å²) in [4.78, 5) is 13.3.